The lowest BCUT2D eigenvalue weighted by Crippen LogP contribution is -2.42. The highest BCUT2D eigenvalue weighted by molar-refractivity contribution is 5.81. The number of benzene rings is 1. The van der Waals surface area contributed by atoms with Crippen LogP contribution in [0.1, 0.15) is 32.4 Å². The standard InChI is InChI=1S/C15H23FN2O2/c1-10(18-9-15(2,3)14(19)17-4)13-11(16)7-6-8-12(13)20-5/h6-8,10,18H,9H2,1-5H3,(H,17,19). The fourth-order valence-electron chi connectivity index (χ4n) is 2.04. The van der Waals surface area contributed by atoms with Gasteiger partial charge >= 0.3 is 0 Å². The van der Waals surface area contributed by atoms with Crippen molar-refractivity contribution < 1.29 is 13.9 Å². The molecule has 0 saturated heterocycles. The van der Waals surface area contributed by atoms with E-state index in [1.165, 1.54) is 13.2 Å². The average Bonchev–Trinajstić information content (AvgIpc) is 2.43. The zero-order valence-electron chi connectivity index (χ0n) is 12.7. The maximum atomic E-state index is 13.9. The molecule has 0 aliphatic carbocycles. The molecule has 0 aliphatic rings. The Hall–Kier alpha value is -1.62. The van der Waals surface area contributed by atoms with Crippen LogP contribution in [0.25, 0.3) is 0 Å². The molecular formula is C15H23FN2O2. The Bertz CT molecular complexity index is 475. The molecular weight excluding hydrogens is 259 g/mol. The van der Waals surface area contributed by atoms with Crippen LogP contribution in [0.5, 0.6) is 5.75 Å². The number of rotatable bonds is 6. The summed E-state index contributed by atoms with van der Waals surface area (Å²) in [6.07, 6.45) is 0. The van der Waals surface area contributed by atoms with Gasteiger partial charge in [-0.25, -0.2) is 4.39 Å². The first-order valence-electron chi connectivity index (χ1n) is 6.61. The smallest absolute Gasteiger partial charge is 0.226 e. The number of ether oxygens (including phenoxy) is 1. The van der Waals surface area contributed by atoms with Crippen LogP contribution in [0.2, 0.25) is 0 Å². The molecule has 4 nitrogen and oxygen atoms in total. The van der Waals surface area contributed by atoms with Crippen LogP contribution in [-0.2, 0) is 4.79 Å². The lowest BCUT2D eigenvalue weighted by Gasteiger charge is -2.26. The second-order valence-corrected chi connectivity index (χ2v) is 5.42. The largest absolute Gasteiger partial charge is 0.496 e. The van der Waals surface area contributed by atoms with E-state index in [9.17, 15) is 9.18 Å². The van der Waals surface area contributed by atoms with E-state index in [0.717, 1.165) is 0 Å². The summed E-state index contributed by atoms with van der Waals surface area (Å²) in [5.41, 5.74) is -0.0932. The highest BCUT2D eigenvalue weighted by Gasteiger charge is 2.27. The average molecular weight is 282 g/mol. The minimum absolute atomic E-state index is 0.0577. The van der Waals surface area contributed by atoms with Crippen LogP contribution in [0.15, 0.2) is 18.2 Å². The van der Waals surface area contributed by atoms with Gasteiger partial charge in [-0.2, -0.15) is 0 Å². The van der Waals surface area contributed by atoms with Crippen molar-refractivity contribution in [2.75, 3.05) is 20.7 Å². The molecule has 20 heavy (non-hydrogen) atoms. The van der Waals surface area contributed by atoms with Crippen LogP contribution < -0.4 is 15.4 Å². The Balaban J connectivity index is 2.82. The molecule has 1 aromatic rings. The van der Waals surface area contributed by atoms with E-state index < -0.39 is 5.41 Å². The summed E-state index contributed by atoms with van der Waals surface area (Å²) in [4.78, 5) is 11.7. The van der Waals surface area contributed by atoms with Crippen molar-refractivity contribution in [2.45, 2.75) is 26.8 Å². The third-order valence-electron chi connectivity index (χ3n) is 3.36. The van der Waals surface area contributed by atoms with Gasteiger partial charge in [0.05, 0.1) is 12.5 Å². The van der Waals surface area contributed by atoms with E-state index in [2.05, 4.69) is 10.6 Å². The zero-order chi connectivity index (χ0) is 15.3. The van der Waals surface area contributed by atoms with Gasteiger partial charge in [0, 0.05) is 25.2 Å². The quantitative estimate of drug-likeness (QED) is 0.841. The number of hydrogen-bond donors (Lipinski definition) is 2. The summed E-state index contributed by atoms with van der Waals surface area (Å²) in [6.45, 7) is 5.96. The van der Waals surface area contributed by atoms with Crippen molar-refractivity contribution in [1.29, 1.82) is 0 Å². The first-order valence-corrected chi connectivity index (χ1v) is 6.61. The van der Waals surface area contributed by atoms with Gasteiger partial charge in [0.15, 0.2) is 0 Å². The molecule has 1 aromatic carbocycles. The number of halogens is 1. The van der Waals surface area contributed by atoms with Crippen LogP contribution in [-0.4, -0.2) is 26.6 Å². The van der Waals surface area contributed by atoms with E-state index in [4.69, 9.17) is 4.74 Å². The van der Waals surface area contributed by atoms with Crippen molar-refractivity contribution >= 4 is 5.91 Å². The van der Waals surface area contributed by atoms with Gasteiger partial charge in [-0.1, -0.05) is 6.07 Å². The number of amides is 1. The Morgan fingerprint density at radius 3 is 2.65 bits per heavy atom. The maximum Gasteiger partial charge on any atom is 0.226 e. The van der Waals surface area contributed by atoms with Crippen molar-refractivity contribution in [3.05, 3.63) is 29.6 Å². The Morgan fingerprint density at radius 1 is 1.45 bits per heavy atom. The number of carbonyl (C=O) groups is 1. The van der Waals surface area contributed by atoms with Crippen LogP contribution in [0.3, 0.4) is 0 Å². The van der Waals surface area contributed by atoms with Crippen molar-refractivity contribution in [1.82, 2.24) is 10.6 Å². The lowest BCUT2D eigenvalue weighted by atomic mass is 9.91. The molecule has 0 bridgehead atoms. The first-order chi connectivity index (χ1) is 9.33. The molecule has 0 heterocycles. The number of hydrogen-bond acceptors (Lipinski definition) is 3. The minimum Gasteiger partial charge on any atom is -0.496 e. The monoisotopic (exact) mass is 282 g/mol. The van der Waals surface area contributed by atoms with E-state index in [1.54, 1.807) is 19.2 Å². The molecule has 0 aromatic heterocycles. The molecule has 112 valence electrons. The SMILES string of the molecule is CNC(=O)C(C)(C)CNC(C)c1c(F)cccc1OC. The summed E-state index contributed by atoms with van der Waals surface area (Å²) < 4.78 is 19.1. The molecule has 5 heteroatoms. The maximum absolute atomic E-state index is 13.9. The molecule has 1 unspecified atom stereocenters. The summed E-state index contributed by atoms with van der Waals surface area (Å²) in [5.74, 6) is 0.127. The Kier molecular flexibility index (Phi) is 5.51. The van der Waals surface area contributed by atoms with Gasteiger partial charge in [0.2, 0.25) is 5.91 Å². The third kappa shape index (κ3) is 3.70. The highest BCUT2D eigenvalue weighted by Crippen LogP contribution is 2.28. The van der Waals surface area contributed by atoms with E-state index in [0.29, 0.717) is 17.9 Å². The minimum atomic E-state index is -0.568. The van der Waals surface area contributed by atoms with Crippen molar-refractivity contribution in [2.24, 2.45) is 5.41 Å². The third-order valence-corrected chi connectivity index (χ3v) is 3.36. The first kappa shape index (κ1) is 16.4. The fraction of sp³-hybridized carbons (Fsp3) is 0.533. The topological polar surface area (TPSA) is 50.4 Å². The summed E-state index contributed by atoms with van der Waals surface area (Å²) in [6, 6.07) is 4.48. The highest BCUT2D eigenvalue weighted by atomic mass is 19.1. The summed E-state index contributed by atoms with van der Waals surface area (Å²) in [7, 11) is 3.12. The zero-order valence-corrected chi connectivity index (χ0v) is 12.7. The number of carbonyl (C=O) groups excluding carboxylic acids is 1. The van der Waals surface area contributed by atoms with Gasteiger partial charge in [0.25, 0.3) is 0 Å². The normalized spacial score (nSPS) is 12.9. The Labute approximate surface area is 119 Å². The molecule has 1 rings (SSSR count). The van der Waals surface area contributed by atoms with Gasteiger partial charge < -0.3 is 15.4 Å². The summed E-state index contributed by atoms with van der Waals surface area (Å²) in [5, 5.41) is 5.81. The predicted molar refractivity (Wildman–Crippen MR) is 77.2 cm³/mol. The van der Waals surface area contributed by atoms with Gasteiger partial charge in [-0.05, 0) is 32.9 Å². The molecule has 1 atom stereocenters. The van der Waals surface area contributed by atoms with E-state index in [-0.39, 0.29) is 17.8 Å². The lowest BCUT2D eigenvalue weighted by molar-refractivity contribution is -0.128. The molecule has 0 fully saturated rings. The van der Waals surface area contributed by atoms with Gasteiger partial charge in [-0.15, -0.1) is 0 Å². The second kappa shape index (κ2) is 6.70. The number of methoxy groups -OCH3 is 1. The number of nitrogens with one attached hydrogen (secondary N) is 2. The van der Waals surface area contributed by atoms with E-state index >= 15 is 0 Å². The van der Waals surface area contributed by atoms with Gasteiger partial charge in [-0.3, -0.25) is 4.79 Å². The molecule has 0 spiro atoms. The summed E-state index contributed by atoms with van der Waals surface area (Å²) >= 11 is 0. The fourth-order valence-corrected chi connectivity index (χ4v) is 2.04. The van der Waals surface area contributed by atoms with Crippen LogP contribution in [0.4, 0.5) is 4.39 Å². The Morgan fingerprint density at radius 2 is 2.10 bits per heavy atom. The van der Waals surface area contributed by atoms with Gasteiger partial charge in [0.1, 0.15) is 11.6 Å². The molecule has 0 saturated carbocycles. The molecule has 0 aliphatic heterocycles. The van der Waals surface area contributed by atoms with Crippen LogP contribution >= 0.6 is 0 Å². The molecule has 2 N–H and O–H groups in total. The molecule has 0 radical (unpaired) electrons. The van der Waals surface area contributed by atoms with Crippen LogP contribution in [0, 0.1) is 11.2 Å². The van der Waals surface area contributed by atoms with E-state index in [1.807, 2.05) is 20.8 Å². The molecule has 1 amide bonds. The predicted octanol–water partition coefficient (Wildman–Crippen LogP) is 2.26. The van der Waals surface area contributed by atoms with Crippen molar-refractivity contribution in [3.8, 4) is 5.75 Å². The van der Waals surface area contributed by atoms with Crippen molar-refractivity contribution in [3.63, 3.8) is 0 Å². The second-order valence-electron chi connectivity index (χ2n) is 5.42.